The summed E-state index contributed by atoms with van der Waals surface area (Å²) in [5, 5.41) is 2.79. The van der Waals surface area contributed by atoms with Gasteiger partial charge in [-0.25, -0.2) is 9.97 Å². The van der Waals surface area contributed by atoms with E-state index < -0.39 is 0 Å². The maximum absolute atomic E-state index is 12.1. The Morgan fingerprint density at radius 1 is 1.43 bits per heavy atom. The van der Waals surface area contributed by atoms with Crippen molar-refractivity contribution in [1.29, 1.82) is 0 Å². The molecule has 0 aliphatic carbocycles. The van der Waals surface area contributed by atoms with Crippen LogP contribution in [0.3, 0.4) is 0 Å². The topological polar surface area (TPSA) is 80.1 Å². The van der Waals surface area contributed by atoms with Gasteiger partial charge in [-0.15, -0.1) is 0 Å². The van der Waals surface area contributed by atoms with Crippen molar-refractivity contribution in [1.82, 2.24) is 19.4 Å². The van der Waals surface area contributed by atoms with E-state index in [9.17, 15) is 9.59 Å². The first-order valence-corrected chi connectivity index (χ1v) is 6.62. The quantitative estimate of drug-likeness (QED) is 0.899. The van der Waals surface area contributed by atoms with Crippen LogP contribution in [-0.4, -0.2) is 44.8 Å². The molecule has 3 rings (SSSR count). The standard InChI is InChI=1S/C14H15N5O2/c1-18-8-10(6-13(18)20)14(21)17-11-2-3-12(16-7-11)19-5-4-15-9-19/h2-5,7,9-10H,6,8H2,1H3,(H,17,21). The van der Waals surface area contributed by atoms with Gasteiger partial charge in [0.1, 0.15) is 12.1 Å². The van der Waals surface area contributed by atoms with Crippen molar-refractivity contribution >= 4 is 17.5 Å². The summed E-state index contributed by atoms with van der Waals surface area (Å²) in [5.41, 5.74) is 0.617. The Bertz CT molecular complexity index is 651. The van der Waals surface area contributed by atoms with Crippen molar-refractivity contribution < 1.29 is 9.59 Å². The molecule has 1 unspecified atom stereocenters. The minimum absolute atomic E-state index is 0.00345. The summed E-state index contributed by atoms with van der Waals surface area (Å²) >= 11 is 0. The largest absolute Gasteiger partial charge is 0.345 e. The number of amides is 2. The van der Waals surface area contributed by atoms with Crippen molar-refractivity contribution in [3.8, 4) is 5.82 Å². The summed E-state index contributed by atoms with van der Waals surface area (Å²) in [4.78, 5) is 33.3. The molecular formula is C14H15N5O2. The molecule has 1 N–H and O–H groups in total. The Balaban J connectivity index is 1.65. The molecule has 1 fully saturated rings. The van der Waals surface area contributed by atoms with Crippen LogP contribution in [0.2, 0.25) is 0 Å². The smallest absolute Gasteiger partial charge is 0.229 e. The van der Waals surface area contributed by atoms with Gasteiger partial charge in [-0.3, -0.25) is 14.2 Å². The number of imidazole rings is 1. The lowest BCUT2D eigenvalue weighted by molar-refractivity contribution is -0.127. The second-order valence-corrected chi connectivity index (χ2v) is 5.04. The molecule has 21 heavy (non-hydrogen) atoms. The van der Waals surface area contributed by atoms with Gasteiger partial charge < -0.3 is 10.2 Å². The predicted molar refractivity (Wildman–Crippen MR) is 75.7 cm³/mol. The monoisotopic (exact) mass is 285 g/mol. The second kappa shape index (κ2) is 5.35. The highest BCUT2D eigenvalue weighted by Crippen LogP contribution is 2.18. The van der Waals surface area contributed by atoms with E-state index in [2.05, 4.69) is 15.3 Å². The molecule has 1 atom stereocenters. The number of anilines is 1. The van der Waals surface area contributed by atoms with Crippen LogP contribution in [0.15, 0.2) is 37.1 Å². The van der Waals surface area contributed by atoms with Gasteiger partial charge in [-0.05, 0) is 12.1 Å². The highest BCUT2D eigenvalue weighted by atomic mass is 16.2. The summed E-state index contributed by atoms with van der Waals surface area (Å²) in [6, 6.07) is 3.57. The van der Waals surface area contributed by atoms with E-state index in [1.807, 2.05) is 0 Å². The Kier molecular flexibility index (Phi) is 3.39. The Hall–Kier alpha value is -2.70. The van der Waals surface area contributed by atoms with Crippen LogP contribution in [-0.2, 0) is 9.59 Å². The molecular weight excluding hydrogens is 270 g/mol. The minimum atomic E-state index is -0.296. The Labute approximate surface area is 121 Å². The van der Waals surface area contributed by atoms with E-state index in [1.54, 1.807) is 53.6 Å². The molecule has 0 spiro atoms. The first kappa shape index (κ1) is 13.3. The highest BCUT2D eigenvalue weighted by Gasteiger charge is 2.32. The SMILES string of the molecule is CN1CC(C(=O)Nc2ccc(-n3ccnc3)nc2)CC1=O. The third-order valence-electron chi connectivity index (χ3n) is 3.50. The van der Waals surface area contributed by atoms with E-state index in [0.717, 1.165) is 5.82 Å². The van der Waals surface area contributed by atoms with Crippen molar-refractivity contribution in [2.24, 2.45) is 5.92 Å². The summed E-state index contributed by atoms with van der Waals surface area (Å²) in [5.74, 6) is 0.283. The van der Waals surface area contributed by atoms with Crippen LogP contribution in [0.1, 0.15) is 6.42 Å². The summed E-state index contributed by atoms with van der Waals surface area (Å²) in [7, 11) is 1.71. The van der Waals surface area contributed by atoms with Crippen molar-refractivity contribution in [2.75, 3.05) is 18.9 Å². The third kappa shape index (κ3) is 2.76. The number of hydrogen-bond acceptors (Lipinski definition) is 4. The van der Waals surface area contributed by atoms with E-state index in [0.29, 0.717) is 12.2 Å². The molecule has 2 amide bonds. The van der Waals surface area contributed by atoms with Gasteiger partial charge in [0.15, 0.2) is 0 Å². The van der Waals surface area contributed by atoms with E-state index in [4.69, 9.17) is 0 Å². The zero-order chi connectivity index (χ0) is 14.8. The Morgan fingerprint density at radius 3 is 2.86 bits per heavy atom. The van der Waals surface area contributed by atoms with E-state index in [1.165, 1.54) is 0 Å². The molecule has 2 aromatic heterocycles. The molecule has 7 nitrogen and oxygen atoms in total. The van der Waals surface area contributed by atoms with Crippen LogP contribution in [0.25, 0.3) is 5.82 Å². The van der Waals surface area contributed by atoms with E-state index in [-0.39, 0.29) is 24.2 Å². The van der Waals surface area contributed by atoms with Gasteiger partial charge >= 0.3 is 0 Å². The average molecular weight is 285 g/mol. The van der Waals surface area contributed by atoms with Crippen LogP contribution in [0, 0.1) is 5.92 Å². The number of aromatic nitrogens is 3. The number of rotatable bonds is 3. The van der Waals surface area contributed by atoms with Crippen molar-refractivity contribution in [3.05, 3.63) is 37.1 Å². The molecule has 0 bridgehead atoms. The number of likely N-dealkylation sites (tertiary alicyclic amines) is 1. The first-order valence-electron chi connectivity index (χ1n) is 6.62. The molecule has 108 valence electrons. The van der Waals surface area contributed by atoms with Crippen molar-refractivity contribution in [2.45, 2.75) is 6.42 Å². The molecule has 7 heteroatoms. The summed E-state index contributed by atoms with van der Waals surface area (Å²) in [6.45, 7) is 0.464. The Morgan fingerprint density at radius 2 is 2.29 bits per heavy atom. The number of nitrogens with zero attached hydrogens (tertiary/aromatic N) is 4. The molecule has 2 aromatic rings. The lowest BCUT2D eigenvalue weighted by Crippen LogP contribution is -2.25. The highest BCUT2D eigenvalue weighted by molar-refractivity contribution is 5.97. The molecule has 1 saturated heterocycles. The zero-order valence-corrected chi connectivity index (χ0v) is 11.6. The van der Waals surface area contributed by atoms with Gasteiger partial charge in [0.25, 0.3) is 0 Å². The number of nitrogens with one attached hydrogen (secondary N) is 1. The van der Waals surface area contributed by atoms with Gasteiger partial charge in [-0.2, -0.15) is 0 Å². The minimum Gasteiger partial charge on any atom is -0.345 e. The number of carbonyl (C=O) groups excluding carboxylic acids is 2. The molecule has 0 radical (unpaired) electrons. The summed E-state index contributed by atoms with van der Waals surface area (Å²) in [6.07, 6.45) is 6.97. The molecule has 3 heterocycles. The summed E-state index contributed by atoms with van der Waals surface area (Å²) < 4.78 is 1.77. The third-order valence-corrected chi connectivity index (χ3v) is 3.50. The predicted octanol–water partition coefficient (Wildman–Crippen LogP) is 0.684. The fourth-order valence-electron chi connectivity index (χ4n) is 2.29. The molecule has 0 saturated carbocycles. The van der Waals surface area contributed by atoms with Gasteiger partial charge in [0.2, 0.25) is 11.8 Å². The molecule has 1 aliphatic heterocycles. The lowest BCUT2D eigenvalue weighted by Gasteiger charge is -2.11. The molecule has 1 aliphatic rings. The van der Waals surface area contributed by atoms with Crippen LogP contribution in [0.4, 0.5) is 5.69 Å². The number of pyridine rings is 1. The number of hydrogen-bond donors (Lipinski definition) is 1. The van der Waals surface area contributed by atoms with Crippen LogP contribution < -0.4 is 5.32 Å². The van der Waals surface area contributed by atoms with Crippen molar-refractivity contribution in [3.63, 3.8) is 0 Å². The van der Waals surface area contributed by atoms with Gasteiger partial charge in [-0.1, -0.05) is 0 Å². The van der Waals surface area contributed by atoms with Gasteiger partial charge in [0, 0.05) is 32.4 Å². The van der Waals surface area contributed by atoms with Crippen LogP contribution in [0.5, 0.6) is 0 Å². The van der Waals surface area contributed by atoms with Gasteiger partial charge in [0.05, 0.1) is 17.8 Å². The zero-order valence-electron chi connectivity index (χ0n) is 11.6. The first-order chi connectivity index (χ1) is 10.1. The normalized spacial score (nSPS) is 18.0. The molecule has 0 aromatic carbocycles. The number of carbonyl (C=O) groups is 2. The maximum atomic E-state index is 12.1. The lowest BCUT2D eigenvalue weighted by atomic mass is 10.1. The fourth-order valence-corrected chi connectivity index (χ4v) is 2.29. The maximum Gasteiger partial charge on any atom is 0.229 e. The van der Waals surface area contributed by atoms with E-state index >= 15 is 0 Å². The fraction of sp³-hybridized carbons (Fsp3) is 0.286. The average Bonchev–Trinajstić information content (AvgIpc) is 3.11. The second-order valence-electron chi connectivity index (χ2n) is 5.04. The van der Waals surface area contributed by atoms with Crippen LogP contribution >= 0.6 is 0 Å².